The van der Waals surface area contributed by atoms with Gasteiger partial charge in [0.25, 0.3) is 5.91 Å². The Kier molecular flexibility index (Phi) is 7.99. The molecule has 0 aliphatic heterocycles. The summed E-state index contributed by atoms with van der Waals surface area (Å²) in [4.78, 5) is 13.6. The highest BCUT2D eigenvalue weighted by molar-refractivity contribution is 7.89. The Labute approximate surface area is 174 Å². The number of benzene rings is 2. The van der Waals surface area contributed by atoms with Gasteiger partial charge in [-0.05, 0) is 50.3 Å². The Bertz CT molecular complexity index is 931. The maximum atomic E-state index is 12.6. The van der Waals surface area contributed by atoms with Gasteiger partial charge in [0.05, 0.1) is 4.90 Å². The van der Waals surface area contributed by atoms with Gasteiger partial charge in [0.1, 0.15) is 6.54 Å². The van der Waals surface area contributed by atoms with Gasteiger partial charge in [0, 0.05) is 18.2 Å². The van der Waals surface area contributed by atoms with E-state index in [9.17, 15) is 26.4 Å². The van der Waals surface area contributed by atoms with Crippen molar-refractivity contribution >= 4 is 15.9 Å². The number of sulfonamides is 1. The van der Waals surface area contributed by atoms with Crippen molar-refractivity contribution in [2.24, 2.45) is 0 Å². The first-order valence-electron chi connectivity index (χ1n) is 9.13. The number of carbonyl (C=O) groups excluding carboxylic acids is 1. The number of nitrogens with zero attached hydrogens (tertiary/aromatic N) is 1. The summed E-state index contributed by atoms with van der Waals surface area (Å²) in [5.74, 6) is -0.931. The van der Waals surface area contributed by atoms with Crippen molar-refractivity contribution in [3.8, 4) is 0 Å². The van der Waals surface area contributed by atoms with E-state index in [0.717, 1.165) is 5.56 Å². The highest BCUT2D eigenvalue weighted by Gasteiger charge is 2.28. The molecular weight excluding hydrogens is 419 g/mol. The van der Waals surface area contributed by atoms with Gasteiger partial charge in [-0.15, -0.1) is 0 Å². The molecule has 1 unspecified atom stereocenters. The molecule has 0 bridgehead atoms. The summed E-state index contributed by atoms with van der Waals surface area (Å²) in [7, 11) is -0.133. The average Bonchev–Trinajstić information content (AvgIpc) is 2.69. The molecule has 0 aliphatic rings. The van der Waals surface area contributed by atoms with Gasteiger partial charge in [-0.2, -0.15) is 13.2 Å². The van der Waals surface area contributed by atoms with Crippen molar-refractivity contribution < 1.29 is 26.4 Å². The van der Waals surface area contributed by atoms with E-state index < -0.39 is 28.7 Å². The lowest BCUT2D eigenvalue weighted by atomic mass is 10.1. The molecule has 30 heavy (non-hydrogen) atoms. The van der Waals surface area contributed by atoms with E-state index in [-0.39, 0.29) is 23.0 Å². The molecule has 164 valence electrons. The normalized spacial score (nSPS) is 13.3. The summed E-state index contributed by atoms with van der Waals surface area (Å²) in [5, 5.41) is 1.74. The second-order valence-corrected chi connectivity index (χ2v) is 8.75. The van der Waals surface area contributed by atoms with Crippen molar-refractivity contribution in [2.75, 3.05) is 27.2 Å². The molecule has 2 aromatic rings. The van der Waals surface area contributed by atoms with Gasteiger partial charge in [-0.25, -0.2) is 13.1 Å². The molecule has 2 N–H and O–H groups in total. The van der Waals surface area contributed by atoms with Crippen LogP contribution in [0.3, 0.4) is 0 Å². The number of nitrogens with one attached hydrogen (secondary N) is 2. The van der Waals surface area contributed by atoms with E-state index in [1.54, 1.807) is 5.32 Å². The van der Waals surface area contributed by atoms with E-state index in [0.29, 0.717) is 6.42 Å². The van der Waals surface area contributed by atoms with E-state index in [4.69, 9.17) is 0 Å². The number of hydrogen-bond donors (Lipinski definition) is 2. The van der Waals surface area contributed by atoms with Crippen molar-refractivity contribution in [2.45, 2.75) is 23.5 Å². The smallest absolute Gasteiger partial charge is 0.343 e. The molecule has 10 heteroatoms. The summed E-state index contributed by atoms with van der Waals surface area (Å²) < 4.78 is 64.3. The predicted molar refractivity (Wildman–Crippen MR) is 108 cm³/mol. The van der Waals surface area contributed by atoms with Gasteiger partial charge in [0.2, 0.25) is 10.0 Å². The van der Waals surface area contributed by atoms with E-state index in [1.165, 1.54) is 24.3 Å². The van der Waals surface area contributed by atoms with Crippen LogP contribution in [-0.4, -0.2) is 58.6 Å². The molecule has 0 radical (unpaired) electrons. The Hall–Kier alpha value is -2.43. The number of alkyl halides is 3. The Morgan fingerprint density at radius 3 is 2.17 bits per heavy atom. The van der Waals surface area contributed by atoms with Gasteiger partial charge < -0.3 is 10.2 Å². The molecule has 6 nitrogen and oxygen atoms in total. The van der Waals surface area contributed by atoms with Crippen molar-refractivity contribution in [1.29, 1.82) is 0 Å². The molecule has 1 atom stereocenters. The zero-order valence-electron chi connectivity index (χ0n) is 16.6. The van der Waals surface area contributed by atoms with E-state index in [1.807, 2.05) is 49.3 Å². The number of carbonyl (C=O) groups is 1. The number of amides is 1. The molecule has 0 fully saturated rings. The zero-order valence-corrected chi connectivity index (χ0v) is 17.4. The first-order valence-corrected chi connectivity index (χ1v) is 10.6. The lowest BCUT2D eigenvalue weighted by Gasteiger charge is -2.24. The Morgan fingerprint density at radius 1 is 1.03 bits per heavy atom. The maximum absolute atomic E-state index is 12.6. The van der Waals surface area contributed by atoms with Crippen molar-refractivity contribution in [3.05, 3.63) is 65.7 Å². The maximum Gasteiger partial charge on any atom is 0.405 e. The third-order valence-corrected chi connectivity index (χ3v) is 5.87. The van der Waals surface area contributed by atoms with Gasteiger partial charge >= 0.3 is 6.18 Å². The number of halogens is 3. The third kappa shape index (κ3) is 7.43. The fraction of sp³-hybridized carbons (Fsp3) is 0.350. The van der Waals surface area contributed by atoms with Crippen LogP contribution < -0.4 is 10.0 Å². The van der Waals surface area contributed by atoms with Crippen molar-refractivity contribution in [1.82, 2.24) is 14.9 Å². The van der Waals surface area contributed by atoms with Crippen LogP contribution in [0.4, 0.5) is 13.2 Å². The minimum absolute atomic E-state index is 0.0616. The van der Waals surface area contributed by atoms with Gasteiger partial charge in [-0.1, -0.05) is 30.3 Å². The Morgan fingerprint density at radius 2 is 1.63 bits per heavy atom. The van der Waals surface area contributed by atoms with Crippen LogP contribution in [-0.2, 0) is 16.4 Å². The molecular formula is C20H24F3N3O3S. The Balaban J connectivity index is 2.01. The molecule has 1 amide bonds. The number of likely N-dealkylation sites (N-methyl/N-ethyl adjacent to an activating group) is 1. The van der Waals surface area contributed by atoms with Crippen LogP contribution in [0, 0.1) is 0 Å². The molecule has 0 saturated heterocycles. The van der Waals surface area contributed by atoms with Crippen molar-refractivity contribution in [3.63, 3.8) is 0 Å². The predicted octanol–water partition coefficient (Wildman–Crippen LogP) is 2.43. The lowest BCUT2D eigenvalue weighted by molar-refractivity contribution is -0.123. The molecule has 2 aromatic carbocycles. The largest absolute Gasteiger partial charge is 0.405 e. The molecule has 0 heterocycles. The molecule has 0 aliphatic carbocycles. The zero-order chi connectivity index (χ0) is 22.4. The molecule has 0 aromatic heterocycles. The van der Waals surface area contributed by atoms with Crippen LogP contribution in [0.2, 0.25) is 0 Å². The first kappa shape index (κ1) is 23.8. The quantitative estimate of drug-likeness (QED) is 0.624. The van der Waals surface area contributed by atoms with Crippen LogP contribution >= 0.6 is 0 Å². The molecule has 0 saturated carbocycles. The van der Waals surface area contributed by atoms with Gasteiger partial charge in [-0.3, -0.25) is 4.79 Å². The second kappa shape index (κ2) is 10.1. The van der Waals surface area contributed by atoms with Crippen LogP contribution in [0.5, 0.6) is 0 Å². The van der Waals surface area contributed by atoms with Gasteiger partial charge in [0.15, 0.2) is 0 Å². The monoisotopic (exact) mass is 443 g/mol. The minimum atomic E-state index is -4.52. The summed E-state index contributed by atoms with van der Waals surface area (Å²) >= 11 is 0. The second-order valence-electron chi connectivity index (χ2n) is 6.98. The fourth-order valence-corrected chi connectivity index (χ4v) is 3.75. The summed E-state index contributed by atoms with van der Waals surface area (Å²) in [6, 6.07) is 14.3. The molecule has 2 rings (SSSR count). The summed E-state index contributed by atoms with van der Waals surface area (Å²) in [6.45, 7) is -1.29. The lowest BCUT2D eigenvalue weighted by Crippen LogP contribution is -2.41. The number of hydrogen-bond acceptors (Lipinski definition) is 4. The van der Waals surface area contributed by atoms with Crippen LogP contribution in [0.1, 0.15) is 15.9 Å². The standard InChI is InChI=1S/C20H24F3N3O3S/c1-26(2)17(12-15-6-4-3-5-7-15)13-25-30(28,29)18-10-8-16(9-11-18)19(27)24-14-20(21,22)23/h3-11,17,25H,12-14H2,1-2H3,(H,24,27). The topological polar surface area (TPSA) is 78.5 Å². The average molecular weight is 443 g/mol. The highest BCUT2D eigenvalue weighted by atomic mass is 32.2. The van der Waals surface area contributed by atoms with E-state index >= 15 is 0 Å². The SMILES string of the molecule is CN(C)C(CNS(=O)(=O)c1ccc(C(=O)NCC(F)(F)F)cc1)Cc1ccccc1. The highest BCUT2D eigenvalue weighted by Crippen LogP contribution is 2.14. The first-order chi connectivity index (χ1) is 14.0. The van der Waals surface area contributed by atoms with Crippen LogP contribution in [0.15, 0.2) is 59.5 Å². The van der Waals surface area contributed by atoms with Crippen LogP contribution in [0.25, 0.3) is 0 Å². The summed E-state index contributed by atoms with van der Waals surface area (Å²) in [6.07, 6.45) is -3.87. The summed E-state index contributed by atoms with van der Waals surface area (Å²) in [5.41, 5.74) is 1.01. The minimum Gasteiger partial charge on any atom is -0.343 e. The third-order valence-electron chi connectivity index (χ3n) is 4.43. The van der Waals surface area contributed by atoms with E-state index in [2.05, 4.69) is 4.72 Å². The number of rotatable bonds is 9. The molecule has 0 spiro atoms. The fourth-order valence-electron chi connectivity index (χ4n) is 2.68.